The number of aromatic nitrogens is 6. The molecular formula is C15H19N9. The molecule has 4 heterocycles. The smallest absolute Gasteiger partial charge is 0.222 e. The zero-order valence-electron chi connectivity index (χ0n) is 13.7. The molecule has 124 valence electrons. The average molecular weight is 325 g/mol. The van der Waals surface area contributed by atoms with E-state index >= 15 is 0 Å². The van der Waals surface area contributed by atoms with Crippen LogP contribution < -0.4 is 15.5 Å². The second-order valence-electron chi connectivity index (χ2n) is 5.91. The summed E-state index contributed by atoms with van der Waals surface area (Å²) in [5.74, 6) is 2.93. The summed E-state index contributed by atoms with van der Waals surface area (Å²) < 4.78 is 1.77. The van der Waals surface area contributed by atoms with Gasteiger partial charge in [-0.3, -0.25) is 0 Å². The lowest BCUT2D eigenvalue weighted by Crippen LogP contribution is -2.47. The Morgan fingerprint density at radius 1 is 0.917 bits per heavy atom. The maximum absolute atomic E-state index is 5.76. The van der Waals surface area contributed by atoms with Crippen LogP contribution in [0.2, 0.25) is 0 Å². The van der Waals surface area contributed by atoms with Crippen molar-refractivity contribution in [2.45, 2.75) is 13.8 Å². The van der Waals surface area contributed by atoms with Gasteiger partial charge < -0.3 is 15.5 Å². The lowest BCUT2D eigenvalue weighted by Gasteiger charge is -2.36. The first kappa shape index (κ1) is 14.6. The lowest BCUT2D eigenvalue weighted by molar-refractivity contribution is 0.635. The molecule has 0 radical (unpaired) electrons. The quantitative estimate of drug-likeness (QED) is 0.724. The van der Waals surface area contributed by atoms with Crippen LogP contribution in [0.4, 0.5) is 17.6 Å². The van der Waals surface area contributed by atoms with E-state index in [9.17, 15) is 0 Å². The third-order valence-electron chi connectivity index (χ3n) is 4.19. The van der Waals surface area contributed by atoms with Gasteiger partial charge >= 0.3 is 0 Å². The van der Waals surface area contributed by atoms with E-state index < -0.39 is 0 Å². The number of nitrogen functional groups attached to an aromatic ring is 1. The van der Waals surface area contributed by atoms with Gasteiger partial charge in [-0.1, -0.05) is 0 Å². The monoisotopic (exact) mass is 325 g/mol. The Labute approximate surface area is 139 Å². The van der Waals surface area contributed by atoms with E-state index in [1.807, 2.05) is 32.0 Å². The van der Waals surface area contributed by atoms with Crippen LogP contribution in [0.15, 0.2) is 18.2 Å². The maximum atomic E-state index is 5.76. The average Bonchev–Trinajstić information content (AvgIpc) is 2.95. The van der Waals surface area contributed by atoms with Crippen LogP contribution in [0.1, 0.15) is 11.5 Å². The van der Waals surface area contributed by atoms with Crippen molar-refractivity contribution in [1.82, 2.24) is 29.8 Å². The molecule has 0 unspecified atom stereocenters. The highest BCUT2D eigenvalue weighted by molar-refractivity contribution is 5.49. The Kier molecular flexibility index (Phi) is 3.40. The first-order chi connectivity index (χ1) is 11.6. The highest BCUT2D eigenvalue weighted by atomic mass is 15.4. The molecule has 1 fully saturated rings. The molecule has 1 aliphatic heterocycles. The zero-order valence-corrected chi connectivity index (χ0v) is 13.7. The second kappa shape index (κ2) is 5.59. The summed E-state index contributed by atoms with van der Waals surface area (Å²) in [5, 5.41) is 12.8. The van der Waals surface area contributed by atoms with Crippen LogP contribution in [0.5, 0.6) is 0 Å². The van der Waals surface area contributed by atoms with Crippen LogP contribution in [-0.2, 0) is 0 Å². The van der Waals surface area contributed by atoms with Gasteiger partial charge in [-0.2, -0.15) is 9.50 Å². The van der Waals surface area contributed by atoms with E-state index in [-0.39, 0.29) is 0 Å². The number of hydrogen-bond donors (Lipinski definition) is 1. The van der Waals surface area contributed by atoms with Crippen LogP contribution in [0.3, 0.4) is 0 Å². The van der Waals surface area contributed by atoms with Crippen molar-refractivity contribution in [1.29, 1.82) is 0 Å². The summed E-state index contributed by atoms with van der Waals surface area (Å²) in [6, 6.07) is 5.91. The van der Waals surface area contributed by atoms with Gasteiger partial charge in [0.15, 0.2) is 11.5 Å². The minimum absolute atomic E-state index is 0.322. The van der Waals surface area contributed by atoms with Gasteiger partial charge in [0.2, 0.25) is 5.95 Å². The van der Waals surface area contributed by atoms with Crippen molar-refractivity contribution in [2.75, 3.05) is 41.7 Å². The number of anilines is 3. The van der Waals surface area contributed by atoms with Crippen molar-refractivity contribution in [3.8, 4) is 0 Å². The van der Waals surface area contributed by atoms with Gasteiger partial charge in [-0.15, -0.1) is 15.3 Å². The summed E-state index contributed by atoms with van der Waals surface area (Å²) in [6.07, 6.45) is 0. The minimum atomic E-state index is 0.322. The molecule has 1 saturated heterocycles. The maximum Gasteiger partial charge on any atom is 0.222 e. The van der Waals surface area contributed by atoms with Crippen molar-refractivity contribution in [3.05, 3.63) is 29.7 Å². The number of nitrogens with zero attached hydrogens (tertiary/aromatic N) is 8. The molecule has 4 rings (SSSR count). The largest absolute Gasteiger partial charge is 0.368 e. The third-order valence-corrected chi connectivity index (χ3v) is 4.19. The van der Waals surface area contributed by atoms with Crippen LogP contribution in [-0.4, -0.2) is 56.0 Å². The fourth-order valence-corrected chi connectivity index (χ4v) is 2.96. The highest BCUT2D eigenvalue weighted by Gasteiger charge is 2.20. The van der Waals surface area contributed by atoms with Crippen molar-refractivity contribution in [2.24, 2.45) is 0 Å². The Morgan fingerprint density at radius 3 is 2.33 bits per heavy atom. The van der Waals surface area contributed by atoms with E-state index in [4.69, 9.17) is 5.73 Å². The molecule has 0 atom stereocenters. The van der Waals surface area contributed by atoms with E-state index in [1.54, 1.807) is 4.52 Å². The Hall–Kier alpha value is -2.97. The summed E-state index contributed by atoms with van der Waals surface area (Å²) in [7, 11) is 0. The standard InChI is InChI=1S/C15H19N9/c1-10-9-14(18-15(16)17-10)23-7-5-22(6-8-23)13-4-3-12-20-19-11(2)24(12)21-13/h3-4,9H,5-8H2,1-2H3,(H2,16,17,18). The molecule has 0 aromatic carbocycles. The molecule has 1 aliphatic rings. The molecule has 0 saturated carbocycles. The first-order valence-electron chi connectivity index (χ1n) is 7.90. The van der Waals surface area contributed by atoms with E-state index in [1.165, 1.54) is 0 Å². The molecule has 3 aromatic heterocycles. The van der Waals surface area contributed by atoms with Crippen LogP contribution in [0.25, 0.3) is 5.65 Å². The molecular weight excluding hydrogens is 306 g/mol. The first-order valence-corrected chi connectivity index (χ1v) is 7.90. The fourth-order valence-electron chi connectivity index (χ4n) is 2.96. The van der Waals surface area contributed by atoms with Gasteiger partial charge in [0.05, 0.1) is 0 Å². The van der Waals surface area contributed by atoms with Gasteiger partial charge in [0.1, 0.15) is 11.6 Å². The van der Waals surface area contributed by atoms with E-state index in [0.717, 1.165) is 55.0 Å². The molecule has 9 nitrogen and oxygen atoms in total. The predicted octanol–water partition coefficient (Wildman–Crippen LogP) is 0.440. The molecule has 24 heavy (non-hydrogen) atoms. The summed E-state index contributed by atoms with van der Waals surface area (Å²) >= 11 is 0. The van der Waals surface area contributed by atoms with E-state index in [2.05, 4.69) is 35.1 Å². The summed E-state index contributed by atoms with van der Waals surface area (Å²) in [6.45, 7) is 7.27. The molecule has 3 aromatic rings. The van der Waals surface area contributed by atoms with Crippen molar-refractivity contribution < 1.29 is 0 Å². The SMILES string of the molecule is Cc1cc(N2CCN(c3ccc4nnc(C)n4n3)CC2)nc(N)n1. The number of aryl methyl sites for hydroxylation is 2. The van der Waals surface area contributed by atoms with Gasteiger partial charge in [0.25, 0.3) is 0 Å². The topological polar surface area (TPSA) is 101 Å². The molecule has 2 N–H and O–H groups in total. The number of piperazine rings is 1. The number of hydrogen-bond acceptors (Lipinski definition) is 8. The van der Waals surface area contributed by atoms with Gasteiger partial charge in [-0.05, 0) is 26.0 Å². The number of nitrogens with two attached hydrogens (primary N) is 1. The normalized spacial score (nSPS) is 15.2. The Bertz CT molecular complexity index is 860. The molecule has 0 spiro atoms. The zero-order chi connectivity index (χ0) is 16.7. The predicted molar refractivity (Wildman–Crippen MR) is 91.1 cm³/mol. The second-order valence-corrected chi connectivity index (χ2v) is 5.91. The van der Waals surface area contributed by atoms with Crippen molar-refractivity contribution >= 4 is 23.2 Å². The van der Waals surface area contributed by atoms with E-state index in [0.29, 0.717) is 5.95 Å². The minimum Gasteiger partial charge on any atom is -0.368 e. The fraction of sp³-hybridized carbons (Fsp3) is 0.400. The third kappa shape index (κ3) is 2.57. The summed E-state index contributed by atoms with van der Waals surface area (Å²) in [4.78, 5) is 13.0. The van der Waals surface area contributed by atoms with Crippen LogP contribution in [0, 0.1) is 13.8 Å². The number of rotatable bonds is 2. The molecule has 0 amide bonds. The van der Waals surface area contributed by atoms with Gasteiger partial charge in [0, 0.05) is 37.9 Å². The summed E-state index contributed by atoms with van der Waals surface area (Å²) in [5.41, 5.74) is 7.41. The molecule has 9 heteroatoms. The Balaban J connectivity index is 1.51. The number of fused-ring (bicyclic) bond motifs is 1. The van der Waals surface area contributed by atoms with Crippen LogP contribution >= 0.6 is 0 Å². The molecule has 0 aliphatic carbocycles. The Morgan fingerprint density at radius 2 is 1.62 bits per heavy atom. The lowest BCUT2D eigenvalue weighted by atomic mass is 10.3. The van der Waals surface area contributed by atoms with Gasteiger partial charge in [-0.25, -0.2) is 4.98 Å². The molecule has 0 bridgehead atoms. The van der Waals surface area contributed by atoms with Crippen molar-refractivity contribution in [3.63, 3.8) is 0 Å². The highest BCUT2D eigenvalue weighted by Crippen LogP contribution is 2.19.